The first-order valence-electron chi connectivity index (χ1n) is 7.90. The van der Waals surface area contributed by atoms with Gasteiger partial charge in [0.25, 0.3) is 0 Å². The van der Waals surface area contributed by atoms with E-state index in [1.165, 1.54) is 6.42 Å². The molecule has 0 unspecified atom stereocenters. The summed E-state index contributed by atoms with van der Waals surface area (Å²) in [7, 11) is 0. The van der Waals surface area contributed by atoms with E-state index < -0.39 is 0 Å². The van der Waals surface area contributed by atoms with Gasteiger partial charge >= 0.3 is 0 Å². The van der Waals surface area contributed by atoms with Crippen LogP contribution < -0.4 is 5.32 Å². The van der Waals surface area contributed by atoms with E-state index in [0.717, 1.165) is 48.7 Å². The van der Waals surface area contributed by atoms with E-state index in [1.54, 1.807) is 6.20 Å². The molecule has 1 aromatic carbocycles. The standard InChI is InChI=1S/C18H22N2O/c1-2-18(10-6-3-7-11-18)17(21)20-15-12-14-8-4-5-9-16(14)19-13-15/h4-5,8-9,12-13H,2-3,6-7,10-11H2,1H3,(H,20,21). The average Bonchev–Trinajstić information content (AvgIpc) is 2.55. The Morgan fingerprint density at radius 1 is 1.24 bits per heavy atom. The number of para-hydroxylation sites is 1. The predicted octanol–water partition coefficient (Wildman–Crippen LogP) is 4.53. The number of carbonyl (C=O) groups excluding carboxylic acids is 1. The Balaban J connectivity index is 1.81. The van der Waals surface area contributed by atoms with Crippen LogP contribution in [0, 0.1) is 5.41 Å². The van der Waals surface area contributed by atoms with Crippen molar-refractivity contribution in [3.63, 3.8) is 0 Å². The number of hydrogen-bond donors (Lipinski definition) is 1. The maximum atomic E-state index is 12.7. The molecule has 0 atom stereocenters. The van der Waals surface area contributed by atoms with Gasteiger partial charge in [-0.15, -0.1) is 0 Å². The van der Waals surface area contributed by atoms with Crippen LogP contribution in [0.4, 0.5) is 5.69 Å². The molecule has 3 nitrogen and oxygen atoms in total. The number of nitrogens with zero attached hydrogens (tertiary/aromatic N) is 1. The molecule has 1 N–H and O–H groups in total. The van der Waals surface area contributed by atoms with Gasteiger partial charge in [-0.25, -0.2) is 0 Å². The molecule has 3 heteroatoms. The van der Waals surface area contributed by atoms with Crippen molar-refractivity contribution in [3.8, 4) is 0 Å². The summed E-state index contributed by atoms with van der Waals surface area (Å²) in [6.07, 6.45) is 8.28. The number of rotatable bonds is 3. The summed E-state index contributed by atoms with van der Waals surface area (Å²) < 4.78 is 0. The highest BCUT2D eigenvalue weighted by molar-refractivity contribution is 5.96. The number of anilines is 1. The molecule has 0 aliphatic heterocycles. The van der Waals surface area contributed by atoms with Crippen LogP contribution >= 0.6 is 0 Å². The zero-order valence-electron chi connectivity index (χ0n) is 12.6. The zero-order chi connectivity index (χ0) is 14.7. The third-order valence-corrected chi connectivity index (χ3v) is 4.82. The van der Waals surface area contributed by atoms with Gasteiger partial charge in [0.05, 0.1) is 17.4 Å². The second-order valence-corrected chi connectivity index (χ2v) is 6.07. The van der Waals surface area contributed by atoms with E-state index >= 15 is 0 Å². The minimum atomic E-state index is -0.177. The molecule has 1 aliphatic carbocycles. The van der Waals surface area contributed by atoms with Crippen molar-refractivity contribution in [3.05, 3.63) is 36.5 Å². The third kappa shape index (κ3) is 2.78. The lowest BCUT2D eigenvalue weighted by Crippen LogP contribution is -2.37. The second kappa shape index (κ2) is 5.84. The second-order valence-electron chi connectivity index (χ2n) is 6.07. The largest absolute Gasteiger partial charge is 0.324 e. The van der Waals surface area contributed by atoms with Crippen molar-refractivity contribution in [1.29, 1.82) is 0 Å². The average molecular weight is 282 g/mol. The summed E-state index contributed by atoms with van der Waals surface area (Å²) in [5, 5.41) is 4.15. The fourth-order valence-corrected chi connectivity index (χ4v) is 3.37. The number of pyridine rings is 1. The molecule has 1 saturated carbocycles. The summed E-state index contributed by atoms with van der Waals surface area (Å²) in [5.41, 5.74) is 1.58. The molecule has 2 aromatic rings. The molecule has 0 spiro atoms. The predicted molar refractivity (Wildman–Crippen MR) is 86.2 cm³/mol. The molecule has 3 rings (SSSR count). The number of hydrogen-bond acceptors (Lipinski definition) is 2. The number of benzene rings is 1. The van der Waals surface area contributed by atoms with Gasteiger partial charge in [-0.2, -0.15) is 0 Å². The summed E-state index contributed by atoms with van der Waals surface area (Å²) in [4.78, 5) is 17.1. The zero-order valence-corrected chi connectivity index (χ0v) is 12.6. The maximum Gasteiger partial charge on any atom is 0.230 e. The minimum absolute atomic E-state index is 0.168. The molecule has 1 heterocycles. The lowest BCUT2D eigenvalue weighted by molar-refractivity contribution is -0.127. The number of nitrogens with one attached hydrogen (secondary N) is 1. The Bertz CT molecular complexity index is 644. The third-order valence-electron chi connectivity index (χ3n) is 4.82. The van der Waals surface area contributed by atoms with E-state index in [-0.39, 0.29) is 11.3 Å². The van der Waals surface area contributed by atoms with Crippen molar-refractivity contribution in [2.75, 3.05) is 5.32 Å². The fourth-order valence-electron chi connectivity index (χ4n) is 3.37. The Hall–Kier alpha value is -1.90. The van der Waals surface area contributed by atoms with Crippen LogP contribution in [0.25, 0.3) is 10.9 Å². The molecule has 0 saturated heterocycles. The van der Waals surface area contributed by atoms with Gasteiger partial charge < -0.3 is 5.32 Å². The number of fused-ring (bicyclic) bond motifs is 1. The van der Waals surface area contributed by atoms with E-state index in [4.69, 9.17) is 0 Å². The maximum absolute atomic E-state index is 12.7. The van der Waals surface area contributed by atoms with Gasteiger partial charge in [-0.3, -0.25) is 9.78 Å². The monoisotopic (exact) mass is 282 g/mol. The minimum Gasteiger partial charge on any atom is -0.324 e. The topological polar surface area (TPSA) is 42.0 Å². The lowest BCUT2D eigenvalue weighted by Gasteiger charge is -2.34. The van der Waals surface area contributed by atoms with Crippen LogP contribution in [0.5, 0.6) is 0 Å². The smallest absolute Gasteiger partial charge is 0.230 e. The normalized spacial score (nSPS) is 17.6. The van der Waals surface area contributed by atoms with Gasteiger partial charge in [0, 0.05) is 10.8 Å². The van der Waals surface area contributed by atoms with E-state index in [9.17, 15) is 4.79 Å². The summed E-state index contributed by atoms with van der Waals surface area (Å²) in [6.45, 7) is 2.13. The Morgan fingerprint density at radius 2 is 2.00 bits per heavy atom. The highest BCUT2D eigenvalue weighted by atomic mass is 16.2. The first-order chi connectivity index (χ1) is 10.2. The van der Waals surface area contributed by atoms with E-state index in [0.29, 0.717) is 0 Å². The first-order valence-corrected chi connectivity index (χ1v) is 7.90. The van der Waals surface area contributed by atoms with E-state index in [1.807, 2.05) is 30.3 Å². The van der Waals surface area contributed by atoms with Crippen LogP contribution in [0.2, 0.25) is 0 Å². The van der Waals surface area contributed by atoms with Crippen LogP contribution in [0.1, 0.15) is 45.4 Å². The van der Waals surface area contributed by atoms with Crippen LogP contribution in [0.3, 0.4) is 0 Å². The molecule has 1 amide bonds. The SMILES string of the molecule is CCC1(C(=O)Nc2cnc3ccccc3c2)CCCCC1. The molecular formula is C18H22N2O. The van der Waals surface area contributed by atoms with Gasteiger partial charge in [0.2, 0.25) is 5.91 Å². The van der Waals surface area contributed by atoms with Gasteiger partial charge in [0.15, 0.2) is 0 Å². The molecule has 0 radical (unpaired) electrons. The van der Waals surface area contributed by atoms with Crippen LogP contribution in [-0.4, -0.2) is 10.9 Å². The van der Waals surface area contributed by atoms with E-state index in [2.05, 4.69) is 17.2 Å². The van der Waals surface area contributed by atoms with Crippen molar-refractivity contribution >= 4 is 22.5 Å². The Kier molecular flexibility index (Phi) is 3.91. The molecule has 1 aromatic heterocycles. The Morgan fingerprint density at radius 3 is 2.76 bits per heavy atom. The van der Waals surface area contributed by atoms with Crippen molar-refractivity contribution in [2.24, 2.45) is 5.41 Å². The van der Waals surface area contributed by atoms with Crippen molar-refractivity contribution < 1.29 is 4.79 Å². The lowest BCUT2D eigenvalue weighted by atomic mass is 9.71. The molecule has 0 bridgehead atoms. The summed E-state index contributed by atoms with van der Waals surface area (Å²) in [6, 6.07) is 9.97. The van der Waals surface area contributed by atoms with Gasteiger partial charge in [-0.05, 0) is 31.4 Å². The highest BCUT2D eigenvalue weighted by Crippen LogP contribution is 2.40. The number of amides is 1. The fraction of sp³-hybridized carbons (Fsp3) is 0.444. The molecule has 1 fully saturated rings. The molecule has 1 aliphatic rings. The number of aromatic nitrogens is 1. The summed E-state index contributed by atoms with van der Waals surface area (Å²) in [5.74, 6) is 0.168. The quantitative estimate of drug-likeness (QED) is 0.898. The van der Waals surface area contributed by atoms with Crippen molar-refractivity contribution in [2.45, 2.75) is 45.4 Å². The number of carbonyl (C=O) groups is 1. The molecule has 21 heavy (non-hydrogen) atoms. The molecule has 110 valence electrons. The summed E-state index contributed by atoms with van der Waals surface area (Å²) >= 11 is 0. The van der Waals surface area contributed by atoms with Gasteiger partial charge in [-0.1, -0.05) is 44.4 Å². The Labute approximate surface area is 125 Å². The van der Waals surface area contributed by atoms with Crippen molar-refractivity contribution in [1.82, 2.24) is 4.98 Å². The first kappa shape index (κ1) is 14.1. The van der Waals surface area contributed by atoms with Crippen LogP contribution in [-0.2, 0) is 4.79 Å². The molecular weight excluding hydrogens is 260 g/mol. The van der Waals surface area contributed by atoms with Crippen LogP contribution in [0.15, 0.2) is 36.5 Å². The van der Waals surface area contributed by atoms with Gasteiger partial charge in [0.1, 0.15) is 0 Å². The highest BCUT2D eigenvalue weighted by Gasteiger charge is 2.37.